The Bertz CT molecular complexity index is 682. The van der Waals surface area contributed by atoms with Gasteiger partial charge in [0.15, 0.2) is 0 Å². The summed E-state index contributed by atoms with van der Waals surface area (Å²) in [7, 11) is 0. The van der Waals surface area contributed by atoms with E-state index in [1.54, 1.807) is 18.2 Å². The van der Waals surface area contributed by atoms with Crippen LogP contribution in [0.3, 0.4) is 0 Å². The fourth-order valence-electron chi connectivity index (χ4n) is 3.62. The summed E-state index contributed by atoms with van der Waals surface area (Å²) in [4.78, 5) is 22.7. The Morgan fingerprint density at radius 1 is 1.30 bits per heavy atom. The Hall–Kier alpha value is -1.34. The molecule has 0 heterocycles. The van der Waals surface area contributed by atoms with Crippen molar-refractivity contribution >= 4 is 35.1 Å². The van der Waals surface area contributed by atoms with Gasteiger partial charge in [-0.3, -0.25) is 9.59 Å². The molecule has 0 aromatic heterocycles. The van der Waals surface area contributed by atoms with E-state index in [4.69, 9.17) is 38.8 Å². The number of benzene rings is 1. The van der Waals surface area contributed by atoms with Crippen LogP contribution in [-0.2, 0) is 20.9 Å². The van der Waals surface area contributed by atoms with Crippen molar-refractivity contribution < 1.29 is 24.5 Å². The maximum Gasteiger partial charge on any atom is 0.326 e. The molecule has 0 aliphatic heterocycles. The summed E-state index contributed by atoms with van der Waals surface area (Å²) in [5.41, 5.74) is 5.10. The molecule has 1 aromatic rings. The number of hydrogen-bond donors (Lipinski definition) is 3. The van der Waals surface area contributed by atoms with Gasteiger partial charge in [-0.25, -0.2) is 0 Å². The number of fused-ring (bicyclic) bond motifs is 1. The SMILES string of the molecule is N[C@@]1(C(=O)O)C(OCc2ccc(Cl)c(Cl)c2)CC2C(C(=O)O)C21. The zero-order valence-electron chi connectivity index (χ0n) is 11.9. The van der Waals surface area contributed by atoms with E-state index in [1.807, 2.05) is 0 Å². The number of rotatable bonds is 5. The summed E-state index contributed by atoms with van der Waals surface area (Å²) in [6, 6.07) is 4.99. The average Bonchev–Trinajstić information content (AvgIpc) is 3.13. The minimum absolute atomic E-state index is 0.130. The van der Waals surface area contributed by atoms with E-state index in [9.17, 15) is 14.7 Å². The van der Waals surface area contributed by atoms with Crippen LogP contribution in [0.25, 0.3) is 0 Å². The second kappa shape index (κ2) is 5.63. The van der Waals surface area contributed by atoms with Gasteiger partial charge in [-0.05, 0) is 30.0 Å². The number of halogens is 2. The van der Waals surface area contributed by atoms with Gasteiger partial charge >= 0.3 is 11.9 Å². The van der Waals surface area contributed by atoms with Crippen LogP contribution in [0.15, 0.2) is 18.2 Å². The number of ether oxygens (including phenoxy) is 1. The predicted octanol–water partition coefficient (Wildman–Crippen LogP) is 2.01. The second-order valence-corrected chi connectivity index (χ2v) is 6.89. The van der Waals surface area contributed by atoms with Gasteiger partial charge in [-0.2, -0.15) is 0 Å². The molecule has 0 spiro atoms. The molecule has 2 fully saturated rings. The van der Waals surface area contributed by atoms with Crippen LogP contribution in [0.4, 0.5) is 0 Å². The van der Waals surface area contributed by atoms with E-state index in [1.165, 1.54) is 0 Å². The quantitative estimate of drug-likeness (QED) is 0.741. The largest absolute Gasteiger partial charge is 0.481 e. The third kappa shape index (κ3) is 2.59. The van der Waals surface area contributed by atoms with Crippen LogP contribution in [0.5, 0.6) is 0 Å². The van der Waals surface area contributed by atoms with Crippen LogP contribution >= 0.6 is 23.2 Å². The molecule has 124 valence electrons. The highest BCUT2D eigenvalue weighted by atomic mass is 35.5. The lowest BCUT2D eigenvalue weighted by Crippen LogP contribution is -2.58. The number of hydrogen-bond acceptors (Lipinski definition) is 4. The van der Waals surface area contributed by atoms with Crippen molar-refractivity contribution in [3.63, 3.8) is 0 Å². The van der Waals surface area contributed by atoms with Crippen LogP contribution in [0, 0.1) is 17.8 Å². The van der Waals surface area contributed by atoms with E-state index in [2.05, 4.69) is 0 Å². The number of aliphatic carboxylic acids is 2. The molecule has 8 heteroatoms. The van der Waals surface area contributed by atoms with Crippen molar-refractivity contribution in [2.45, 2.75) is 24.7 Å². The molecule has 23 heavy (non-hydrogen) atoms. The highest BCUT2D eigenvalue weighted by Gasteiger charge is 2.74. The zero-order chi connectivity index (χ0) is 16.9. The van der Waals surface area contributed by atoms with E-state index in [0.29, 0.717) is 16.5 Å². The lowest BCUT2D eigenvalue weighted by atomic mass is 9.89. The van der Waals surface area contributed by atoms with E-state index in [0.717, 1.165) is 5.56 Å². The van der Waals surface area contributed by atoms with Gasteiger partial charge in [0.1, 0.15) is 5.54 Å². The highest BCUT2D eigenvalue weighted by molar-refractivity contribution is 6.42. The minimum atomic E-state index is -1.68. The smallest absolute Gasteiger partial charge is 0.326 e. The number of carboxylic acids is 2. The topological polar surface area (TPSA) is 110 Å². The average molecular weight is 360 g/mol. The number of carbonyl (C=O) groups is 2. The molecule has 1 aromatic carbocycles. The van der Waals surface area contributed by atoms with Gasteiger partial charge in [0.05, 0.1) is 28.7 Å². The Morgan fingerprint density at radius 2 is 2.00 bits per heavy atom. The summed E-state index contributed by atoms with van der Waals surface area (Å²) in [6.07, 6.45) is -0.411. The molecular formula is C15H15Cl2NO5. The first-order valence-corrected chi connectivity index (χ1v) is 7.83. The summed E-state index contributed by atoms with van der Waals surface area (Å²) in [6.45, 7) is 0.130. The molecule has 0 amide bonds. The molecule has 2 aliphatic rings. The molecule has 2 aliphatic carbocycles. The van der Waals surface area contributed by atoms with Crippen molar-refractivity contribution in [2.75, 3.05) is 0 Å². The first-order chi connectivity index (χ1) is 10.8. The summed E-state index contributed by atoms with van der Waals surface area (Å²) >= 11 is 11.8. The van der Waals surface area contributed by atoms with E-state index < -0.39 is 35.4 Å². The third-order valence-corrected chi connectivity index (χ3v) is 5.57. The molecule has 0 saturated heterocycles. The van der Waals surface area contributed by atoms with E-state index >= 15 is 0 Å². The maximum atomic E-state index is 11.6. The molecular weight excluding hydrogens is 345 g/mol. The van der Waals surface area contributed by atoms with Crippen molar-refractivity contribution in [1.82, 2.24) is 0 Å². The molecule has 0 radical (unpaired) electrons. The summed E-state index contributed by atoms with van der Waals surface area (Å²) in [5.74, 6) is -3.75. The van der Waals surface area contributed by atoms with Crippen molar-refractivity contribution in [1.29, 1.82) is 0 Å². The Kier molecular flexibility index (Phi) is 4.04. The zero-order valence-corrected chi connectivity index (χ0v) is 13.4. The molecule has 3 rings (SSSR count). The van der Waals surface area contributed by atoms with Gasteiger partial charge in [0, 0.05) is 5.92 Å². The highest BCUT2D eigenvalue weighted by Crippen LogP contribution is 2.62. The van der Waals surface area contributed by atoms with Crippen molar-refractivity contribution in [3.05, 3.63) is 33.8 Å². The molecule has 4 unspecified atom stereocenters. The van der Waals surface area contributed by atoms with Gasteiger partial charge in [-0.15, -0.1) is 0 Å². The third-order valence-electron chi connectivity index (χ3n) is 4.83. The van der Waals surface area contributed by atoms with E-state index in [-0.39, 0.29) is 12.5 Å². The first-order valence-electron chi connectivity index (χ1n) is 7.07. The molecule has 2 saturated carbocycles. The van der Waals surface area contributed by atoms with Crippen LogP contribution < -0.4 is 5.73 Å². The van der Waals surface area contributed by atoms with Crippen molar-refractivity contribution in [2.24, 2.45) is 23.5 Å². The summed E-state index contributed by atoms with van der Waals surface area (Å²) < 4.78 is 5.69. The standard InChI is InChI=1S/C15H15Cl2NO5/c16-8-2-1-6(3-9(8)17)5-23-10-4-7-11(13(19)20)12(7)15(10,18)14(21)22/h1-3,7,10-12H,4-5,18H2,(H,19,20)(H,21,22)/t7?,10?,11?,12?,15-/m0/s1. The fraction of sp³-hybridized carbons (Fsp3) is 0.467. The van der Waals surface area contributed by atoms with Gasteiger partial charge in [-0.1, -0.05) is 29.3 Å². The van der Waals surface area contributed by atoms with Gasteiger partial charge < -0.3 is 20.7 Å². The van der Waals surface area contributed by atoms with Gasteiger partial charge in [0.2, 0.25) is 0 Å². The van der Waals surface area contributed by atoms with Gasteiger partial charge in [0.25, 0.3) is 0 Å². The lowest BCUT2D eigenvalue weighted by Gasteiger charge is -2.30. The monoisotopic (exact) mass is 359 g/mol. The molecule has 5 atom stereocenters. The Labute approximate surface area is 142 Å². The van der Waals surface area contributed by atoms with Crippen LogP contribution in [0.1, 0.15) is 12.0 Å². The Balaban J connectivity index is 1.72. The normalized spacial score (nSPS) is 34.9. The minimum Gasteiger partial charge on any atom is -0.481 e. The first kappa shape index (κ1) is 16.5. The van der Waals surface area contributed by atoms with Crippen LogP contribution in [-0.4, -0.2) is 33.8 Å². The number of carboxylic acid groups (broad SMARTS) is 2. The molecule has 4 N–H and O–H groups in total. The maximum absolute atomic E-state index is 11.6. The second-order valence-electron chi connectivity index (χ2n) is 6.08. The lowest BCUT2D eigenvalue weighted by molar-refractivity contribution is -0.152. The predicted molar refractivity (Wildman–Crippen MR) is 82.3 cm³/mol. The Morgan fingerprint density at radius 3 is 2.57 bits per heavy atom. The van der Waals surface area contributed by atoms with Crippen LogP contribution in [0.2, 0.25) is 10.0 Å². The fourth-order valence-corrected chi connectivity index (χ4v) is 3.95. The number of nitrogens with two attached hydrogens (primary N) is 1. The van der Waals surface area contributed by atoms with Crippen molar-refractivity contribution in [3.8, 4) is 0 Å². The summed E-state index contributed by atoms with van der Waals surface area (Å²) in [5, 5.41) is 19.4. The molecule has 0 bridgehead atoms. The molecule has 6 nitrogen and oxygen atoms in total.